The van der Waals surface area contributed by atoms with Gasteiger partial charge in [0, 0.05) is 5.69 Å². The van der Waals surface area contributed by atoms with E-state index in [-0.39, 0.29) is 21.3 Å². The molecule has 3 aliphatic rings. The van der Waals surface area contributed by atoms with E-state index in [1.165, 1.54) is 12.1 Å². The number of halogens is 6. The van der Waals surface area contributed by atoms with Crippen molar-refractivity contribution in [3.8, 4) is 0 Å². The van der Waals surface area contributed by atoms with E-state index in [1.807, 2.05) is 19.1 Å². The number of para-hydroxylation sites is 2. The summed E-state index contributed by atoms with van der Waals surface area (Å²) < 4.78 is -2.02. The number of nitrogens with one attached hydrogen (secondary N) is 1. The normalized spacial score (nSPS) is 30.8. The zero-order chi connectivity index (χ0) is 25.5. The fraction of sp³-hybridized carbons (Fsp3) is 0.292. The molecule has 0 aromatic heterocycles. The van der Waals surface area contributed by atoms with Crippen LogP contribution in [0.5, 0.6) is 0 Å². The molecule has 2 aliphatic carbocycles. The summed E-state index contributed by atoms with van der Waals surface area (Å²) in [5, 5.41) is 2.51. The number of hydrogen-bond acceptors (Lipinski definition) is 3. The Kier molecular flexibility index (Phi) is 5.95. The average Bonchev–Trinajstić information content (AvgIpc) is 3.22. The number of rotatable bonds is 4. The number of alkyl halides is 4. The maximum atomic E-state index is 13.7. The molecule has 5 nitrogen and oxygen atoms in total. The summed E-state index contributed by atoms with van der Waals surface area (Å²) in [6.07, 6.45) is 0.702. The van der Waals surface area contributed by atoms with Crippen molar-refractivity contribution >= 4 is 98.7 Å². The van der Waals surface area contributed by atoms with Crippen LogP contribution >= 0.6 is 69.6 Å². The summed E-state index contributed by atoms with van der Waals surface area (Å²) in [6, 6.07) is 13.6. The highest BCUT2D eigenvalue weighted by Gasteiger charge is 2.87. The molecule has 35 heavy (non-hydrogen) atoms. The number of amides is 3. The Balaban J connectivity index is 1.57. The molecule has 2 aromatic carbocycles. The van der Waals surface area contributed by atoms with Gasteiger partial charge in [0.05, 0.1) is 33.2 Å². The Labute approximate surface area is 231 Å². The fourth-order valence-electron chi connectivity index (χ4n) is 5.23. The second kappa shape index (κ2) is 8.27. The summed E-state index contributed by atoms with van der Waals surface area (Å²) in [6.45, 7) is 1.97. The van der Waals surface area contributed by atoms with E-state index in [1.54, 1.807) is 24.3 Å². The Morgan fingerprint density at radius 1 is 0.886 bits per heavy atom. The van der Waals surface area contributed by atoms with Crippen LogP contribution in [-0.4, -0.2) is 31.8 Å². The standard InChI is InChI=1S/C24H16Cl6N2O3/c1-2-11-7-3-5-9-13(11)31-19(33)12-8-4-6-10-14(12)32-20(34)15-16(21(32)35)23(28)18(26)17(25)22(15,27)24(23,29)30/h3-10,15-16H,2H2,1H3,(H,31,33)/t15-,16-,22+,23+/m0/s1. The second-order valence-electron chi connectivity index (χ2n) is 8.58. The highest BCUT2D eigenvalue weighted by atomic mass is 35.5. The summed E-state index contributed by atoms with van der Waals surface area (Å²) >= 11 is 39.4. The second-order valence-corrected chi connectivity index (χ2v) is 11.9. The van der Waals surface area contributed by atoms with Gasteiger partial charge < -0.3 is 5.32 Å². The quantitative estimate of drug-likeness (QED) is 0.328. The van der Waals surface area contributed by atoms with Crippen LogP contribution < -0.4 is 10.2 Å². The lowest BCUT2D eigenvalue weighted by Gasteiger charge is -2.34. The molecule has 1 saturated heterocycles. The van der Waals surface area contributed by atoms with Crippen LogP contribution in [-0.2, 0) is 16.0 Å². The fourth-order valence-corrected chi connectivity index (χ4v) is 8.16. The van der Waals surface area contributed by atoms with E-state index >= 15 is 0 Å². The molecule has 4 atom stereocenters. The molecule has 1 aliphatic heterocycles. The van der Waals surface area contributed by atoms with E-state index in [2.05, 4.69) is 5.32 Å². The number of carbonyl (C=O) groups excluding carboxylic acids is 3. The van der Waals surface area contributed by atoms with Gasteiger partial charge in [-0.1, -0.05) is 83.7 Å². The SMILES string of the molecule is CCc1ccccc1NC(=O)c1ccccc1N1C(=O)[C@@H]2[C@@H](C1=O)[C@@]1(Cl)C(Cl)=C(Cl)[C@@]2(Cl)C1(Cl)Cl. The molecule has 3 amide bonds. The first-order chi connectivity index (χ1) is 16.4. The molecular weight excluding hydrogens is 577 g/mol. The average molecular weight is 593 g/mol. The Morgan fingerprint density at radius 2 is 1.40 bits per heavy atom. The molecule has 1 saturated carbocycles. The molecule has 1 heterocycles. The van der Waals surface area contributed by atoms with E-state index in [9.17, 15) is 14.4 Å². The molecule has 2 aromatic rings. The van der Waals surface area contributed by atoms with Crippen LogP contribution in [0.4, 0.5) is 11.4 Å². The van der Waals surface area contributed by atoms with E-state index in [0.717, 1.165) is 10.5 Å². The van der Waals surface area contributed by atoms with Gasteiger partial charge >= 0.3 is 0 Å². The summed E-state index contributed by atoms with van der Waals surface area (Å²) in [5.74, 6) is -4.51. The monoisotopic (exact) mass is 590 g/mol. The van der Waals surface area contributed by atoms with Gasteiger partial charge in [-0.2, -0.15) is 0 Å². The first kappa shape index (κ1) is 25.2. The van der Waals surface area contributed by atoms with Crippen LogP contribution in [0.15, 0.2) is 58.6 Å². The van der Waals surface area contributed by atoms with Crippen molar-refractivity contribution in [3.63, 3.8) is 0 Å². The molecule has 11 heteroatoms. The molecule has 0 radical (unpaired) electrons. The van der Waals surface area contributed by atoms with Crippen molar-refractivity contribution in [1.29, 1.82) is 0 Å². The minimum Gasteiger partial charge on any atom is -0.322 e. The van der Waals surface area contributed by atoms with Gasteiger partial charge in [0.15, 0.2) is 4.33 Å². The zero-order valence-electron chi connectivity index (χ0n) is 17.9. The van der Waals surface area contributed by atoms with Crippen molar-refractivity contribution in [2.45, 2.75) is 27.4 Å². The van der Waals surface area contributed by atoms with Gasteiger partial charge in [0.2, 0.25) is 11.8 Å². The third kappa shape index (κ3) is 3.00. The van der Waals surface area contributed by atoms with Crippen LogP contribution in [0, 0.1) is 11.8 Å². The van der Waals surface area contributed by atoms with Gasteiger partial charge in [-0.05, 0) is 30.2 Å². The predicted octanol–water partition coefficient (Wildman–Crippen LogP) is 6.45. The van der Waals surface area contributed by atoms with Gasteiger partial charge in [-0.15, -0.1) is 23.2 Å². The van der Waals surface area contributed by atoms with Crippen LogP contribution in [0.25, 0.3) is 0 Å². The zero-order valence-corrected chi connectivity index (χ0v) is 22.5. The third-order valence-electron chi connectivity index (χ3n) is 6.94. The number of hydrogen-bond donors (Lipinski definition) is 1. The topological polar surface area (TPSA) is 66.5 Å². The maximum absolute atomic E-state index is 13.7. The molecule has 5 rings (SSSR count). The van der Waals surface area contributed by atoms with Crippen LogP contribution in [0.3, 0.4) is 0 Å². The lowest BCUT2D eigenvalue weighted by molar-refractivity contribution is -0.123. The Hall–Kier alpha value is -1.47. The van der Waals surface area contributed by atoms with Gasteiger partial charge in [0.1, 0.15) is 9.75 Å². The lowest BCUT2D eigenvalue weighted by Crippen LogP contribution is -2.50. The molecular formula is C24H16Cl6N2O3. The molecule has 2 bridgehead atoms. The van der Waals surface area contributed by atoms with Crippen molar-refractivity contribution in [1.82, 2.24) is 0 Å². The first-order valence-electron chi connectivity index (χ1n) is 10.6. The van der Waals surface area contributed by atoms with Crippen LogP contribution in [0.2, 0.25) is 0 Å². The smallest absolute Gasteiger partial charge is 0.257 e. The highest BCUT2D eigenvalue weighted by molar-refractivity contribution is 6.67. The molecule has 2 fully saturated rings. The number of imide groups is 1. The minimum atomic E-state index is -2.02. The lowest BCUT2D eigenvalue weighted by atomic mass is 9.84. The highest BCUT2D eigenvalue weighted by Crippen LogP contribution is 2.77. The number of allylic oxidation sites excluding steroid dienone is 2. The van der Waals surface area contributed by atoms with Crippen molar-refractivity contribution in [2.75, 3.05) is 10.2 Å². The van der Waals surface area contributed by atoms with E-state index in [0.29, 0.717) is 12.1 Å². The van der Waals surface area contributed by atoms with Gasteiger partial charge in [0.25, 0.3) is 5.91 Å². The number of anilines is 2. The van der Waals surface area contributed by atoms with Crippen molar-refractivity contribution < 1.29 is 14.4 Å². The van der Waals surface area contributed by atoms with Crippen molar-refractivity contribution in [3.05, 3.63) is 69.7 Å². The van der Waals surface area contributed by atoms with Gasteiger partial charge in [-0.3, -0.25) is 14.4 Å². The largest absolute Gasteiger partial charge is 0.322 e. The van der Waals surface area contributed by atoms with Gasteiger partial charge in [-0.25, -0.2) is 4.90 Å². The first-order valence-corrected chi connectivity index (χ1v) is 12.9. The molecule has 1 N–H and O–H groups in total. The third-order valence-corrected chi connectivity index (χ3v) is 11.2. The number of nitrogens with zero attached hydrogens (tertiary/aromatic N) is 1. The van der Waals surface area contributed by atoms with Crippen LogP contribution in [0.1, 0.15) is 22.8 Å². The van der Waals surface area contributed by atoms with Crippen molar-refractivity contribution in [2.24, 2.45) is 11.8 Å². The minimum absolute atomic E-state index is 0.0744. The number of carbonyl (C=O) groups is 3. The molecule has 0 spiro atoms. The molecule has 182 valence electrons. The number of fused-ring (bicyclic) bond motifs is 5. The maximum Gasteiger partial charge on any atom is 0.257 e. The Bertz CT molecular complexity index is 1300. The summed E-state index contributed by atoms with van der Waals surface area (Å²) in [5.41, 5.74) is 1.74. The summed E-state index contributed by atoms with van der Waals surface area (Å²) in [4.78, 5) is 37.7. The van der Waals surface area contributed by atoms with E-state index < -0.39 is 43.6 Å². The summed E-state index contributed by atoms with van der Waals surface area (Å²) in [7, 11) is 0. The number of benzene rings is 2. The number of aryl methyl sites for hydroxylation is 1. The Morgan fingerprint density at radius 3 is 1.97 bits per heavy atom. The molecule has 0 unspecified atom stereocenters. The van der Waals surface area contributed by atoms with E-state index in [4.69, 9.17) is 69.6 Å². The predicted molar refractivity (Wildman–Crippen MR) is 140 cm³/mol.